The second kappa shape index (κ2) is 4.06. The molecule has 0 saturated carbocycles. The summed E-state index contributed by atoms with van der Waals surface area (Å²) in [4.78, 5) is 7.77. The van der Waals surface area contributed by atoms with Gasteiger partial charge in [0.1, 0.15) is 11.5 Å². The molecule has 2 nitrogen and oxygen atoms in total. The Hall–Kier alpha value is -1.29. The van der Waals surface area contributed by atoms with Gasteiger partial charge >= 0.3 is 0 Å². The second-order valence-electron chi connectivity index (χ2n) is 3.11. The summed E-state index contributed by atoms with van der Waals surface area (Å²) < 4.78 is 24.3. The van der Waals surface area contributed by atoms with Gasteiger partial charge in [-0.25, -0.2) is 18.7 Å². The molecule has 2 rings (SSSR count). The van der Waals surface area contributed by atoms with Crippen molar-refractivity contribution in [3.63, 3.8) is 0 Å². The van der Waals surface area contributed by atoms with Gasteiger partial charge in [-0.1, -0.05) is 17.7 Å². The van der Waals surface area contributed by atoms with Crippen LogP contribution in [0.3, 0.4) is 0 Å². The molecule has 0 aliphatic carbocycles. The van der Waals surface area contributed by atoms with Crippen LogP contribution in [0.1, 0.15) is 5.56 Å². The van der Waals surface area contributed by atoms with Crippen molar-refractivity contribution in [2.45, 2.75) is 12.8 Å². The van der Waals surface area contributed by atoms with E-state index in [1.54, 1.807) is 18.2 Å². The van der Waals surface area contributed by atoms with Crippen molar-refractivity contribution in [2.75, 3.05) is 0 Å². The number of halogens is 3. The van der Waals surface area contributed by atoms with Crippen molar-refractivity contribution < 1.29 is 8.78 Å². The summed E-state index contributed by atoms with van der Waals surface area (Å²) in [5.74, 6) is 0. The molecule has 1 aromatic heterocycles. The van der Waals surface area contributed by atoms with Crippen molar-refractivity contribution >= 4 is 22.5 Å². The smallest absolute Gasteiger partial charge is 0.236 e. The fraction of sp³-hybridized carbons (Fsp3) is 0.200. The third kappa shape index (κ3) is 2.21. The van der Waals surface area contributed by atoms with E-state index in [-0.39, 0.29) is 6.42 Å². The SMILES string of the molecule is FC(F)Cc1ccc2c(Cl)ncnc2c1. The molecular weight excluding hydrogens is 222 g/mol. The largest absolute Gasteiger partial charge is 0.242 e. The van der Waals surface area contributed by atoms with E-state index in [9.17, 15) is 8.78 Å². The van der Waals surface area contributed by atoms with Crippen molar-refractivity contribution in [3.8, 4) is 0 Å². The quantitative estimate of drug-likeness (QED) is 0.739. The number of nitrogens with zero attached hydrogens (tertiary/aromatic N) is 2. The van der Waals surface area contributed by atoms with Crippen LogP contribution in [0.4, 0.5) is 8.78 Å². The van der Waals surface area contributed by atoms with Gasteiger partial charge in [0.25, 0.3) is 0 Å². The molecule has 1 heterocycles. The Balaban J connectivity index is 2.48. The molecule has 0 amide bonds. The van der Waals surface area contributed by atoms with E-state index in [0.29, 0.717) is 21.6 Å². The first-order valence-electron chi connectivity index (χ1n) is 4.34. The number of rotatable bonds is 2. The van der Waals surface area contributed by atoms with Crippen LogP contribution in [-0.4, -0.2) is 16.4 Å². The lowest BCUT2D eigenvalue weighted by atomic mass is 10.1. The third-order valence-electron chi connectivity index (χ3n) is 2.04. The van der Waals surface area contributed by atoms with Crippen LogP contribution >= 0.6 is 11.6 Å². The highest BCUT2D eigenvalue weighted by atomic mass is 35.5. The molecule has 0 atom stereocenters. The molecule has 1 aromatic carbocycles. The molecule has 0 N–H and O–H groups in total. The predicted octanol–water partition coefficient (Wildman–Crippen LogP) is 3.09. The van der Waals surface area contributed by atoms with E-state index < -0.39 is 6.43 Å². The molecule has 0 spiro atoms. The van der Waals surface area contributed by atoms with E-state index in [1.165, 1.54) is 6.33 Å². The molecule has 0 bridgehead atoms. The molecule has 15 heavy (non-hydrogen) atoms. The summed E-state index contributed by atoms with van der Waals surface area (Å²) in [6.45, 7) is 0. The summed E-state index contributed by atoms with van der Waals surface area (Å²) in [5, 5.41) is 1.01. The van der Waals surface area contributed by atoms with Crippen molar-refractivity contribution in [3.05, 3.63) is 35.2 Å². The normalized spacial score (nSPS) is 11.2. The van der Waals surface area contributed by atoms with E-state index >= 15 is 0 Å². The van der Waals surface area contributed by atoms with Gasteiger partial charge in [-0.3, -0.25) is 0 Å². The van der Waals surface area contributed by atoms with E-state index in [2.05, 4.69) is 9.97 Å². The van der Waals surface area contributed by atoms with Crippen LogP contribution in [0.2, 0.25) is 5.15 Å². The molecule has 0 fully saturated rings. The first kappa shape index (κ1) is 10.2. The molecular formula is C10H7ClF2N2. The molecule has 0 saturated heterocycles. The standard InChI is InChI=1S/C10H7ClF2N2/c11-10-7-2-1-6(4-9(12)13)3-8(7)14-5-15-10/h1-3,5,9H,4H2. The zero-order chi connectivity index (χ0) is 10.8. The maximum atomic E-state index is 12.1. The lowest BCUT2D eigenvalue weighted by Gasteiger charge is -2.02. The van der Waals surface area contributed by atoms with Gasteiger partial charge in [0.05, 0.1) is 5.52 Å². The monoisotopic (exact) mass is 228 g/mol. The van der Waals surface area contributed by atoms with Gasteiger partial charge in [-0.15, -0.1) is 0 Å². The molecule has 0 radical (unpaired) electrons. The van der Waals surface area contributed by atoms with Gasteiger partial charge in [0.15, 0.2) is 0 Å². The van der Waals surface area contributed by atoms with Gasteiger partial charge in [-0.2, -0.15) is 0 Å². The maximum absolute atomic E-state index is 12.1. The zero-order valence-corrected chi connectivity index (χ0v) is 8.38. The molecule has 78 valence electrons. The molecule has 5 heteroatoms. The van der Waals surface area contributed by atoms with Gasteiger partial charge < -0.3 is 0 Å². The fourth-order valence-corrected chi connectivity index (χ4v) is 1.58. The van der Waals surface area contributed by atoms with Crippen molar-refractivity contribution in [1.29, 1.82) is 0 Å². The van der Waals surface area contributed by atoms with E-state index in [4.69, 9.17) is 11.6 Å². The number of alkyl halides is 2. The summed E-state index contributed by atoms with van der Waals surface area (Å²) in [5.41, 5.74) is 1.14. The molecule has 0 unspecified atom stereocenters. The summed E-state index contributed by atoms with van der Waals surface area (Å²) in [6.07, 6.45) is -1.30. The average Bonchev–Trinajstić information content (AvgIpc) is 2.17. The number of hydrogen-bond donors (Lipinski definition) is 0. The Labute approximate surface area is 89.9 Å². The predicted molar refractivity (Wildman–Crippen MR) is 54.3 cm³/mol. The highest BCUT2D eigenvalue weighted by Crippen LogP contribution is 2.21. The van der Waals surface area contributed by atoms with Gasteiger partial charge in [0.2, 0.25) is 6.43 Å². The van der Waals surface area contributed by atoms with Crippen LogP contribution < -0.4 is 0 Å². The Morgan fingerprint density at radius 2 is 2.07 bits per heavy atom. The molecule has 0 aliphatic heterocycles. The van der Waals surface area contributed by atoms with Gasteiger partial charge in [-0.05, 0) is 17.7 Å². The molecule has 2 aromatic rings. The van der Waals surface area contributed by atoms with Crippen LogP contribution in [0.25, 0.3) is 10.9 Å². The Bertz CT molecular complexity index is 488. The molecule has 0 aliphatic rings. The Morgan fingerprint density at radius 3 is 2.80 bits per heavy atom. The lowest BCUT2D eigenvalue weighted by Crippen LogP contribution is -1.96. The zero-order valence-electron chi connectivity index (χ0n) is 7.62. The Kier molecular flexibility index (Phi) is 2.77. The number of hydrogen-bond acceptors (Lipinski definition) is 2. The number of benzene rings is 1. The van der Waals surface area contributed by atoms with Crippen molar-refractivity contribution in [2.24, 2.45) is 0 Å². The van der Waals surface area contributed by atoms with E-state index in [1.807, 2.05) is 0 Å². The number of aromatic nitrogens is 2. The Morgan fingerprint density at radius 1 is 1.27 bits per heavy atom. The first-order valence-corrected chi connectivity index (χ1v) is 4.72. The summed E-state index contributed by atoms with van der Waals surface area (Å²) in [7, 11) is 0. The second-order valence-corrected chi connectivity index (χ2v) is 3.47. The van der Waals surface area contributed by atoms with Crippen LogP contribution in [0.15, 0.2) is 24.5 Å². The fourth-order valence-electron chi connectivity index (χ4n) is 1.37. The summed E-state index contributed by atoms with van der Waals surface area (Å²) >= 11 is 5.82. The lowest BCUT2D eigenvalue weighted by molar-refractivity contribution is 0.149. The summed E-state index contributed by atoms with van der Waals surface area (Å²) in [6, 6.07) is 4.88. The highest BCUT2D eigenvalue weighted by molar-refractivity contribution is 6.33. The average molecular weight is 229 g/mol. The highest BCUT2D eigenvalue weighted by Gasteiger charge is 2.07. The van der Waals surface area contributed by atoms with Crippen molar-refractivity contribution in [1.82, 2.24) is 9.97 Å². The van der Waals surface area contributed by atoms with Crippen LogP contribution in [-0.2, 0) is 6.42 Å². The minimum absolute atomic E-state index is 0.266. The van der Waals surface area contributed by atoms with Crippen LogP contribution in [0, 0.1) is 0 Å². The van der Waals surface area contributed by atoms with Crippen LogP contribution in [0.5, 0.6) is 0 Å². The maximum Gasteiger partial charge on any atom is 0.242 e. The van der Waals surface area contributed by atoms with E-state index in [0.717, 1.165) is 0 Å². The topological polar surface area (TPSA) is 25.8 Å². The number of fused-ring (bicyclic) bond motifs is 1. The first-order chi connectivity index (χ1) is 7.16. The minimum Gasteiger partial charge on any atom is -0.236 e. The third-order valence-corrected chi connectivity index (χ3v) is 2.34. The minimum atomic E-state index is -2.35. The van der Waals surface area contributed by atoms with Gasteiger partial charge in [0, 0.05) is 11.8 Å².